The minimum Gasteiger partial charge on any atom is -0.472 e. The molecule has 0 atom stereocenters. The maximum atomic E-state index is 5.60. The smallest absolute Gasteiger partial charge is 0.227 e. The lowest BCUT2D eigenvalue weighted by Gasteiger charge is -2.06. The molecule has 0 saturated carbocycles. The minimum absolute atomic E-state index is 0.563. The van der Waals surface area contributed by atoms with Crippen LogP contribution in [0.2, 0.25) is 0 Å². The zero-order valence-electron chi connectivity index (χ0n) is 8.06. The van der Waals surface area contributed by atoms with Crippen molar-refractivity contribution in [2.24, 2.45) is 0 Å². The van der Waals surface area contributed by atoms with Gasteiger partial charge in [0.2, 0.25) is 5.88 Å². The quantitative estimate of drug-likeness (QED) is 0.812. The summed E-state index contributed by atoms with van der Waals surface area (Å²) < 4.78 is 6.64. The highest BCUT2D eigenvalue weighted by Gasteiger charge is 2.00. The van der Waals surface area contributed by atoms with Gasteiger partial charge in [-0.05, 0) is 40.3 Å². The van der Waals surface area contributed by atoms with Crippen LogP contribution in [0.3, 0.4) is 0 Å². The molecular formula is C12H10INO. The molecule has 0 N–H and O–H groups in total. The summed E-state index contributed by atoms with van der Waals surface area (Å²) in [7, 11) is 0. The molecule has 0 saturated heterocycles. The van der Waals surface area contributed by atoms with Gasteiger partial charge >= 0.3 is 0 Å². The Morgan fingerprint density at radius 3 is 2.60 bits per heavy atom. The number of ether oxygens (including phenoxy) is 1. The van der Waals surface area contributed by atoms with E-state index in [9.17, 15) is 0 Å². The van der Waals surface area contributed by atoms with Gasteiger partial charge in [-0.15, -0.1) is 0 Å². The van der Waals surface area contributed by atoms with Crippen LogP contribution < -0.4 is 4.74 Å². The van der Waals surface area contributed by atoms with E-state index in [1.807, 2.05) is 42.5 Å². The van der Waals surface area contributed by atoms with Crippen LogP contribution in [0.25, 0.3) is 0 Å². The Labute approximate surface area is 102 Å². The van der Waals surface area contributed by atoms with E-state index >= 15 is 0 Å². The molecule has 0 amide bonds. The fourth-order valence-electron chi connectivity index (χ4n) is 1.20. The molecule has 0 aliphatic carbocycles. The molecule has 1 heterocycles. The van der Waals surface area contributed by atoms with Gasteiger partial charge in [0.05, 0.1) is 3.57 Å². The summed E-state index contributed by atoms with van der Waals surface area (Å²) in [6.45, 7) is 0.563. The highest BCUT2D eigenvalue weighted by molar-refractivity contribution is 14.1. The van der Waals surface area contributed by atoms with E-state index in [4.69, 9.17) is 4.74 Å². The zero-order chi connectivity index (χ0) is 10.5. The summed E-state index contributed by atoms with van der Waals surface area (Å²) in [4.78, 5) is 4.16. The molecule has 1 aromatic carbocycles. The third-order valence-corrected chi connectivity index (χ3v) is 2.76. The number of rotatable bonds is 3. The second-order valence-electron chi connectivity index (χ2n) is 3.06. The van der Waals surface area contributed by atoms with Crippen molar-refractivity contribution in [1.29, 1.82) is 0 Å². The van der Waals surface area contributed by atoms with Crippen molar-refractivity contribution in [3.8, 4) is 5.88 Å². The third-order valence-electron chi connectivity index (χ3n) is 1.94. The Morgan fingerprint density at radius 1 is 1.07 bits per heavy atom. The largest absolute Gasteiger partial charge is 0.472 e. The molecule has 1 aromatic heterocycles. The van der Waals surface area contributed by atoms with E-state index in [0.717, 1.165) is 9.13 Å². The predicted octanol–water partition coefficient (Wildman–Crippen LogP) is 3.27. The van der Waals surface area contributed by atoms with Crippen LogP contribution in [-0.4, -0.2) is 4.98 Å². The van der Waals surface area contributed by atoms with Crippen LogP contribution in [0.4, 0.5) is 0 Å². The Bertz CT molecular complexity index is 431. The normalized spacial score (nSPS) is 9.93. The summed E-state index contributed by atoms with van der Waals surface area (Å²) in [5, 5.41) is 0. The maximum absolute atomic E-state index is 5.60. The topological polar surface area (TPSA) is 22.1 Å². The zero-order valence-corrected chi connectivity index (χ0v) is 10.2. The van der Waals surface area contributed by atoms with Crippen molar-refractivity contribution in [3.05, 3.63) is 57.8 Å². The molecular weight excluding hydrogens is 301 g/mol. The highest BCUT2D eigenvalue weighted by Crippen LogP contribution is 2.17. The first-order chi connectivity index (χ1) is 7.36. The molecule has 15 heavy (non-hydrogen) atoms. The van der Waals surface area contributed by atoms with Gasteiger partial charge in [-0.3, -0.25) is 0 Å². The van der Waals surface area contributed by atoms with E-state index in [-0.39, 0.29) is 0 Å². The lowest BCUT2D eigenvalue weighted by atomic mass is 10.2. The van der Waals surface area contributed by atoms with Gasteiger partial charge in [0.15, 0.2) is 0 Å². The Morgan fingerprint density at radius 2 is 1.87 bits per heavy atom. The number of halogens is 1. The minimum atomic E-state index is 0.563. The molecule has 0 spiro atoms. The second-order valence-corrected chi connectivity index (χ2v) is 4.23. The lowest BCUT2D eigenvalue weighted by molar-refractivity contribution is 0.291. The Hall–Kier alpha value is -1.10. The van der Waals surface area contributed by atoms with Gasteiger partial charge in [0, 0.05) is 6.20 Å². The van der Waals surface area contributed by atoms with Crippen molar-refractivity contribution in [1.82, 2.24) is 4.98 Å². The van der Waals surface area contributed by atoms with E-state index in [2.05, 4.69) is 27.6 Å². The average Bonchev–Trinajstić information content (AvgIpc) is 2.29. The number of nitrogens with zero attached hydrogens (tertiary/aromatic N) is 1. The monoisotopic (exact) mass is 311 g/mol. The summed E-state index contributed by atoms with van der Waals surface area (Å²) in [5.41, 5.74) is 1.15. The number of benzene rings is 1. The van der Waals surface area contributed by atoms with Gasteiger partial charge < -0.3 is 4.74 Å². The SMILES string of the molecule is Ic1cccnc1OCc1ccccc1. The van der Waals surface area contributed by atoms with Crippen LogP contribution in [0, 0.1) is 3.57 Å². The van der Waals surface area contributed by atoms with Crippen LogP contribution >= 0.6 is 22.6 Å². The van der Waals surface area contributed by atoms with Crippen molar-refractivity contribution < 1.29 is 4.74 Å². The molecule has 0 bridgehead atoms. The van der Waals surface area contributed by atoms with Crippen LogP contribution in [0.5, 0.6) is 5.88 Å². The highest BCUT2D eigenvalue weighted by atomic mass is 127. The van der Waals surface area contributed by atoms with Crippen LogP contribution in [0.1, 0.15) is 5.56 Å². The van der Waals surface area contributed by atoms with E-state index in [0.29, 0.717) is 12.5 Å². The maximum Gasteiger partial charge on any atom is 0.227 e. The van der Waals surface area contributed by atoms with Gasteiger partial charge in [-0.25, -0.2) is 4.98 Å². The van der Waals surface area contributed by atoms with Crippen molar-refractivity contribution in [2.45, 2.75) is 6.61 Å². The summed E-state index contributed by atoms with van der Waals surface area (Å²) in [6, 6.07) is 14.0. The standard InChI is InChI=1S/C12H10INO/c13-11-7-4-8-14-12(11)15-9-10-5-2-1-3-6-10/h1-8H,9H2. The molecule has 0 aliphatic rings. The summed E-state index contributed by atoms with van der Waals surface area (Å²) in [5.74, 6) is 0.696. The molecule has 0 unspecified atom stereocenters. The molecule has 2 aromatic rings. The molecule has 0 radical (unpaired) electrons. The van der Waals surface area contributed by atoms with E-state index in [1.54, 1.807) is 6.20 Å². The first kappa shape index (κ1) is 10.4. The van der Waals surface area contributed by atoms with E-state index < -0.39 is 0 Å². The van der Waals surface area contributed by atoms with Gasteiger partial charge in [0.1, 0.15) is 6.61 Å². The lowest BCUT2D eigenvalue weighted by Crippen LogP contribution is -1.98. The van der Waals surface area contributed by atoms with Crippen LogP contribution in [0.15, 0.2) is 48.7 Å². The van der Waals surface area contributed by atoms with Gasteiger partial charge in [-0.2, -0.15) is 0 Å². The molecule has 2 rings (SSSR count). The van der Waals surface area contributed by atoms with Gasteiger partial charge in [0.25, 0.3) is 0 Å². The molecule has 3 heteroatoms. The predicted molar refractivity (Wildman–Crippen MR) is 67.7 cm³/mol. The summed E-state index contributed by atoms with van der Waals surface area (Å²) >= 11 is 2.22. The number of pyridine rings is 1. The number of hydrogen-bond acceptors (Lipinski definition) is 2. The van der Waals surface area contributed by atoms with E-state index in [1.165, 1.54) is 0 Å². The number of hydrogen-bond donors (Lipinski definition) is 0. The van der Waals surface area contributed by atoms with Gasteiger partial charge in [-0.1, -0.05) is 30.3 Å². The fraction of sp³-hybridized carbons (Fsp3) is 0.0833. The van der Waals surface area contributed by atoms with Crippen molar-refractivity contribution >= 4 is 22.6 Å². The average molecular weight is 311 g/mol. The Kier molecular flexibility index (Phi) is 3.55. The van der Waals surface area contributed by atoms with Crippen LogP contribution in [-0.2, 0) is 6.61 Å². The van der Waals surface area contributed by atoms with Crippen molar-refractivity contribution in [3.63, 3.8) is 0 Å². The fourth-order valence-corrected chi connectivity index (χ4v) is 1.71. The molecule has 76 valence electrons. The third kappa shape index (κ3) is 2.92. The molecule has 2 nitrogen and oxygen atoms in total. The number of aromatic nitrogens is 1. The second kappa shape index (κ2) is 5.11. The molecule has 0 aliphatic heterocycles. The Balaban J connectivity index is 2.03. The summed E-state index contributed by atoms with van der Waals surface area (Å²) in [6.07, 6.45) is 1.74. The first-order valence-corrected chi connectivity index (χ1v) is 5.71. The van der Waals surface area contributed by atoms with Crippen molar-refractivity contribution in [2.75, 3.05) is 0 Å². The molecule has 0 fully saturated rings. The first-order valence-electron chi connectivity index (χ1n) is 4.63.